The molecule has 70 valence electrons. The summed E-state index contributed by atoms with van der Waals surface area (Å²) in [6, 6.07) is 4.80. The van der Waals surface area contributed by atoms with Gasteiger partial charge in [-0.3, -0.25) is 4.21 Å². The van der Waals surface area contributed by atoms with E-state index >= 15 is 0 Å². The first-order chi connectivity index (χ1) is 6.02. The first-order valence-electron chi connectivity index (χ1n) is 3.69. The number of carboxylic acid groups (broad SMARTS) is 1. The van der Waals surface area contributed by atoms with Crippen molar-refractivity contribution in [3.63, 3.8) is 0 Å². The van der Waals surface area contributed by atoms with E-state index in [4.69, 9.17) is 5.11 Å². The molecule has 0 fully saturated rings. The lowest BCUT2D eigenvalue weighted by atomic mass is 10.1. The minimum Gasteiger partial charge on any atom is -0.478 e. The highest BCUT2D eigenvalue weighted by molar-refractivity contribution is 7.84. The van der Waals surface area contributed by atoms with Gasteiger partial charge in [0.1, 0.15) is 0 Å². The van der Waals surface area contributed by atoms with E-state index in [0.717, 1.165) is 0 Å². The fourth-order valence-corrected chi connectivity index (χ4v) is 1.55. The summed E-state index contributed by atoms with van der Waals surface area (Å²) < 4.78 is 11.0. The number of hydrogen-bond donors (Lipinski definition) is 1. The maximum absolute atomic E-state index is 11.0. The second-order valence-corrected chi connectivity index (χ2v) is 4.12. The van der Waals surface area contributed by atoms with E-state index in [1.54, 1.807) is 19.1 Å². The van der Waals surface area contributed by atoms with Gasteiger partial charge in [0.15, 0.2) is 0 Å². The molecule has 1 unspecified atom stereocenters. The average molecular weight is 198 g/mol. The summed E-state index contributed by atoms with van der Waals surface area (Å²) in [5.74, 6) is -0.982. The zero-order valence-electron chi connectivity index (χ0n) is 7.40. The Labute approximate surface area is 78.9 Å². The van der Waals surface area contributed by atoms with Crippen molar-refractivity contribution in [1.29, 1.82) is 0 Å². The van der Waals surface area contributed by atoms with Crippen LogP contribution < -0.4 is 0 Å². The Morgan fingerprint density at radius 1 is 1.46 bits per heavy atom. The van der Waals surface area contributed by atoms with Gasteiger partial charge in [0, 0.05) is 22.0 Å². The Kier molecular flexibility index (Phi) is 2.83. The third-order valence-corrected chi connectivity index (χ3v) is 2.69. The summed E-state index contributed by atoms with van der Waals surface area (Å²) in [5, 5.41) is 8.77. The zero-order valence-corrected chi connectivity index (χ0v) is 8.22. The molecular formula is C9H10O3S. The van der Waals surface area contributed by atoms with E-state index in [1.807, 2.05) is 0 Å². The van der Waals surface area contributed by atoms with Crippen molar-refractivity contribution in [2.75, 3.05) is 6.26 Å². The van der Waals surface area contributed by atoms with Gasteiger partial charge in [-0.15, -0.1) is 0 Å². The van der Waals surface area contributed by atoms with Crippen LogP contribution in [0.3, 0.4) is 0 Å². The summed E-state index contributed by atoms with van der Waals surface area (Å²) in [7, 11) is -1.13. The van der Waals surface area contributed by atoms with Crippen molar-refractivity contribution in [2.24, 2.45) is 0 Å². The molecule has 13 heavy (non-hydrogen) atoms. The molecule has 0 saturated heterocycles. The van der Waals surface area contributed by atoms with Crippen LogP contribution in [0.4, 0.5) is 0 Å². The normalized spacial score (nSPS) is 12.5. The topological polar surface area (TPSA) is 54.4 Å². The predicted molar refractivity (Wildman–Crippen MR) is 50.5 cm³/mol. The van der Waals surface area contributed by atoms with Gasteiger partial charge in [-0.2, -0.15) is 0 Å². The summed E-state index contributed by atoms with van der Waals surface area (Å²) in [6.45, 7) is 1.71. The summed E-state index contributed by atoms with van der Waals surface area (Å²) >= 11 is 0. The van der Waals surface area contributed by atoms with Gasteiger partial charge in [0.05, 0.1) is 5.56 Å². The summed E-state index contributed by atoms with van der Waals surface area (Å²) in [4.78, 5) is 11.2. The molecule has 3 nitrogen and oxygen atoms in total. The van der Waals surface area contributed by atoms with E-state index in [0.29, 0.717) is 10.5 Å². The number of benzene rings is 1. The van der Waals surface area contributed by atoms with Crippen LogP contribution in [0.25, 0.3) is 0 Å². The van der Waals surface area contributed by atoms with Crippen LogP contribution in [0.2, 0.25) is 0 Å². The molecule has 1 atom stereocenters. The van der Waals surface area contributed by atoms with Gasteiger partial charge in [0.25, 0.3) is 0 Å². The maximum atomic E-state index is 11.0. The summed E-state index contributed by atoms with van der Waals surface area (Å²) in [5.41, 5.74) is 0.898. The van der Waals surface area contributed by atoms with Crippen molar-refractivity contribution in [3.05, 3.63) is 29.3 Å². The highest BCUT2D eigenvalue weighted by Crippen LogP contribution is 2.13. The molecule has 4 heteroatoms. The number of aromatic carboxylic acids is 1. The van der Waals surface area contributed by atoms with E-state index in [1.165, 1.54) is 12.3 Å². The molecule has 1 rings (SSSR count). The van der Waals surface area contributed by atoms with Gasteiger partial charge in [-0.25, -0.2) is 4.79 Å². The Bertz CT molecular complexity index is 371. The number of hydrogen-bond acceptors (Lipinski definition) is 2. The van der Waals surface area contributed by atoms with Crippen molar-refractivity contribution in [1.82, 2.24) is 0 Å². The van der Waals surface area contributed by atoms with E-state index in [9.17, 15) is 9.00 Å². The SMILES string of the molecule is Cc1ccc(S(C)=O)cc1C(=O)O. The zero-order chi connectivity index (χ0) is 10.0. The van der Waals surface area contributed by atoms with Crippen LogP contribution >= 0.6 is 0 Å². The van der Waals surface area contributed by atoms with Crippen molar-refractivity contribution >= 4 is 16.8 Å². The highest BCUT2D eigenvalue weighted by atomic mass is 32.2. The minimum absolute atomic E-state index is 0.215. The van der Waals surface area contributed by atoms with E-state index in [2.05, 4.69) is 0 Å². The van der Waals surface area contributed by atoms with Gasteiger partial charge in [0.2, 0.25) is 0 Å². The second kappa shape index (κ2) is 3.70. The van der Waals surface area contributed by atoms with Crippen LogP contribution in [0, 0.1) is 6.92 Å². The molecule has 0 saturated carbocycles. The second-order valence-electron chi connectivity index (χ2n) is 2.74. The predicted octanol–water partition coefficient (Wildman–Crippen LogP) is 1.43. The molecule has 0 aliphatic rings. The molecule has 0 bridgehead atoms. The van der Waals surface area contributed by atoms with Crippen molar-refractivity contribution in [3.8, 4) is 0 Å². The average Bonchev–Trinajstić information content (AvgIpc) is 2.04. The molecule has 0 aliphatic carbocycles. The Hall–Kier alpha value is -1.16. The fraction of sp³-hybridized carbons (Fsp3) is 0.222. The van der Waals surface area contributed by atoms with Crippen LogP contribution in [0.5, 0.6) is 0 Å². The third kappa shape index (κ3) is 2.15. The van der Waals surface area contributed by atoms with E-state index < -0.39 is 16.8 Å². The quantitative estimate of drug-likeness (QED) is 0.782. The van der Waals surface area contributed by atoms with Gasteiger partial charge in [-0.05, 0) is 24.6 Å². The molecular weight excluding hydrogens is 188 g/mol. The first-order valence-corrected chi connectivity index (χ1v) is 5.25. The monoisotopic (exact) mass is 198 g/mol. The lowest BCUT2D eigenvalue weighted by molar-refractivity contribution is 0.0696. The smallest absolute Gasteiger partial charge is 0.335 e. The minimum atomic E-state index is -1.13. The standard InChI is InChI=1S/C9H10O3S/c1-6-3-4-7(13(2)12)5-8(6)9(10)11/h3-5H,1-2H3,(H,10,11). The number of carboxylic acids is 1. The van der Waals surface area contributed by atoms with Crippen LogP contribution in [-0.2, 0) is 10.8 Å². The van der Waals surface area contributed by atoms with Crippen LogP contribution in [0.1, 0.15) is 15.9 Å². The van der Waals surface area contributed by atoms with Gasteiger partial charge < -0.3 is 5.11 Å². The van der Waals surface area contributed by atoms with Gasteiger partial charge >= 0.3 is 5.97 Å². The Balaban J connectivity index is 3.27. The molecule has 0 radical (unpaired) electrons. The number of carbonyl (C=O) groups is 1. The Morgan fingerprint density at radius 3 is 2.54 bits per heavy atom. The fourth-order valence-electron chi connectivity index (χ4n) is 1.01. The first kappa shape index (κ1) is 9.92. The molecule has 0 spiro atoms. The number of rotatable bonds is 2. The van der Waals surface area contributed by atoms with Crippen molar-refractivity contribution in [2.45, 2.75) is 11.8 Å². The molecule has 1 aromatic rings. The Morgan fingerprint density at radius 2 is 2.08 bits per heavy atom. The summed E-state index contributed by atoms with van der Waals surface area (Å²) in [6.07, 6.45) is 1.52. The lowest BCUT2D eigenvalue weighted by Crippen LogP contribution is -2.01. The molecule has 0 aliphatic heterocycles. The highest BCUT2D eigenvalue weighted by Gasteiger charge is 2.08. The van der Waals surface area contributed by atoms with Crippen LogP contribution in [-0.4, -0.2) is 21.5 Å². The van der Waals surface area contributed by atoms with Crippen LogP contribution in [0.15, 0.2) is 23.1 Å². The number of aryl methyl sites for hydroxylation is 1. The van der Waals surface area contributed by atoms with E-state index in [-0.39, 0.29) is 5.56 Å². The third-order valence-electron chi connectivity index (χ3n) is 1.77. The molecule has 0 aromatic heterocycles. The maximum Gasteiger partial charge on any atom is 0.335 e. The molecule has 0 amide bonds. The molecule has 0 heterocycles. The molecule has 1 N–H and O–H groups in total. The molecule has 1 aromatic carbocycles. The van der Waals surface area contributed by atoms with Gasteiger partial charge in [-0.1, -0.05) is 6.07 Å². The van der Waals surface area contributed by atoms with Crippen molar-refractivity contribution < 1.29 is 14.1 Å². The lowest BCUT2D eigenvalue weighted by Gasteiger charge is -2.02. The largest absolute Gasteiger partial charge is 0.478 e.